The third-order valence-electron chi connectivity index (χ3n) is 10.6. The number of rotatable bonds is 12. The molecule has 0 saturated carbocycles. The van der Waals surface area contributed by atoms with E-state index >= 15 is 0 Å². The van der Waals surface area contributed by atoms with E-state index in [2.05, 4.69) is 18.7 Å². The molecule has 3 heterocycles. The van der Waals surface area contributed by atoms with E-state index in [1.54, 1.807) is 49.1 Å². The van der Waals surface area contributed by atoms with E-state index in [0.29, 0.717) is 37.5 Å². The van der Waals surface area contributed by atoms with Crippen LogP contribution in [0, 0.1) is 11.8 Å². The monoisotopic (exact) mass is 692 g/mol. The van der Waals surface area contributed by atoms with Crippen LogP contribution in [0.3, 0.4) is 0 Å². The van der Waals surface area contributed by atoms with E-state index < -0.39 is 47.7 Å². The van der Waals surface area contributed by atoms with Crippen LogP contribution in [0.25, 0.3) is 0 Å². The SMILES string of the molecule is CCC(O)C(C)C1OC1CC(C)(O)C=CC=C(C)C1OC(=O)CC(O)CCC(C)(O)C(OC(=O)N2CCN(C(CC)CC)CC2)C=CC1C. The minimum absolute atomic E-state index is 0.0115. The van der Waals surface area contributed by atoms with Crippen LogP contribution in [0.5, 0.6) is 0 Å². The van der Waals surface area contributed by atoms with Gasteiger partial charge >= 0.3 is 12.1 Å². The third kappa shape index (κ3) is 12.2. The summed E-state index contributed by atoms with van der Waals surface area (Å²) in [5.41, 5.74) is -1.94. The highest BCUT2D eigenvalue weighted by Crippen LogP contribution is 2.37. The van der Waals surface area contributed by atoms with Crippen molar-refractivity contribution in [3.63, 3.8) is 0 Å². The van der Waals surface area contributed by atoms with Gasteiger partial charge in [-0.1, -0.05) is 58.9 Å². The molecule has 11 heteroatoms. The topological polar surface area (TPSA) is 153 Å². The molecule has 1 amide bonds. The minimum Gasteiger partial charge on any atom is -0.457 e. The van der Waals surface area contributed by atoms with Crippen molar-refractivity contribution in [3.8, 4) is 0 Å². The quantitative estimate of drug-likeness (QED) is 0.0995. The van der Waals surface area contributed by atoms with E-state index in [0.717, 1.165) is 25.9 Å². The van der Waals surface area contributed by atoms with Crippen molar-refractivity contribution in [1.29, 1.82) is 0 Å². The van der Waals surface area contributed by atoms with Gasteiger partial charge in [0.2, 0.25) is 0 Å². The van der Waals surface area contributed by atoms with E-state index in [-0.39, 0.29) is 43.3 Å². The standard InChI is InChI=1S/C38H64N2O9/c1-9-28(10-2)39-19-21-40(22-20-39)36(44)48-32-15-14-26(5)34(49-33(43)23-29(41)16-18-38(32,8)46)25(4)13-12-17-37(7,45)24-31-35(47-31)27(6)30(42)11-3/h12-15,17,26-32,34-35,41-42,45-46H,9-11,16,18-24H2,1-8H3. The van der Waals surface area contributed by atoms with E-state index in [4.69, 9.17) is 14.2 Å². The average Bonchev–Trinajstić information content (AvgIpc) is 3.81. The minimum atomic E-state index is -1.49. The highest BCUT2D eigenvalue weighted by molar-refractivity contribution is 5.70. The van der Waals surface area contributed by atoms with Gasteiger partial charge in [0.1, 0.15) is 11.7 Å². The number of aliphatic hydroxyl groups excluding tert-OH is 2. The number of carbonyl (C=O) groups is 2. The second-order valence-electron chi connectivity index (χ2n) is 15.0. The molecule has 0 bridgehead atoms. The van der Waals surface area contributed by atoms with Crippen molar-refractivity contribution < 1.29 is 44.2 Å². The predicted octanol–water partition coefficient (Wildman–Crippen LogP) is 4.52. The predicted molar refractivity (Wildman–Crippen MR) is 189 cm³/mol. The lowest BCUT2D eigenvalue weighted by Crippen LogP contribution is -2.53. The molecule has 3 aliphatic heterocycles. The molecule has 0 aromatic carbocycles. The van der Waals surface area contributed by atoms with Gasteiger partial charge in [0.05, 0.1) is 36.4 Å². The molecule has 3 aliphatic rings. The van der Waals surface area contributed by atoms with Crippen LogP contribution in [0.1, 0.15) is 100 Å². The van der Waals surface area contributed by atoms with Gasteiger partial charge in [-0.15, -0.1) is 0 Å². The van der Waals surface area contributed by atoms with Gasteiger partial charge in [0.25, 0.3) is 0 Å². The molecular weight excluding hydrogens is 628 g/mol. The average molecular weight is 693 g/mol. The summed E-state index contributed by atoms with van der Waals surface area (Å²) in [6.07, 6.45) is 7.88. The molecule has 0 spiro atoms. The van der Waals surface area contributed by atoms with Crippen LogP contribution in [-0.2, 0) is 19.0 Å². The number of hydrogen-bond donors (Lipinski definition) is 4. The number of epoxide rings is 1. The van der Waals surface area contributed by atoms with Gasteiger partial charge in [-0.3, -0.25) is 9.69 Å². The normalized spacial score (nSPS) is 33.4. The van der Waals surface area contributed by atoms with Crippen LogP contribution >= 0.6 is 0 Å². The summed E-state index contributed by atoms with van der Waals surface area (Å²) in [5, 5.41) is 43.3. The molecule has 2 fully saturated rings. The fraction of sp³-hybridized carbons (Fsp3) is 0.789. The maximum atomic E-state index is 13.3. The molecule has 0 aromatic rings. The Morgan fingerprint density at radius 3 is 2.43 bits per heavy atom. The number of carbonyl (C=O) groups excluding carboxylic acids is 2. The maximum absolute atomic E-state index is 13.3. The largest absolute Gasteiger partial charge is 0.457 e. The molecule has 2 saturated heterocycles. The number of cyclic esters (lactones) is 1. The van der Waals surface area contributed by atoms with Crippen LogP contribution < -0.4 is 0 Å². The molecule has 11 nitrogen and oxygen atoms in total. The second-order valence-corrected chi connectivity index (χ2v) is 15.0. The second kappa shape index (κ2) is 18.3. The smallest absolute Gasteiger partial charge is 0.410 e. The van der Waals surface area contributed by atoms with Crippen LogP contribution in [0.2, 0.25) is 0 Å². The summed E-state index contributed by atoms with van der Waals surface area (Å²) in [6.45, 7) is 17.8. The first-order chi connectivity index (χ1) is 23.0. The lowest BCUT2D eigenvalue weighted by atomic mass is 9.88. The number of nitrogens with zero attached hydrogens (tertiary/aromatic N) is 2. The van der Waals surface area contributed by atoms with Crippen molar-refractivity contribution >= 4 is 12.1 Å². The van der Waals surface area contributed by atoms with Crippen molar-refractivity contribution in [2.75, 3.05) is 26.2 Å². The Balaban J connectivity index is 1.73. The molecule has 0 aliphatic carbocycles. The van der Waals surface area contributed by atoms with Gasteiger partial charge in [-0.25, -0.2) is 4.79 Å². The Morgan fingerprint density at radius 1 is 1.16 bits per heavy atom. The zero-order valence-electron chi connectivity index (χ0n) is 31.1. The number of allylic oxidation sites excluding steroid dienone is 2. The zero-order valence-corrected chi connectivity index (χ0v) is 31.1. The summed E-state index contributed by atoms with van der Waals surface area (Å²) in [4.78, 5) is 30.3. The van der Waals surface area contributed by atoms with Crippen molar-refractivity contribution in [1.82, 2.24) is 9.80 Å². The lowest BCUT2D eigenvalue weighted by molar-refractivity contribution is -0.151. The fourth-order valence-electron chi connectivity index (χ4n) is 7.06. The molecule has 3 rings (SSSR count). The lowest BCUT2D eigenvalue weighted by Gasteiger charge is -2.39. The van der Waals surface area contributed by atoms with Gasteiger partial charge in [0.15, 0.2) is 6.10 Å². The molecule has 4 N–H and O–H groups in total. The van der Waals surface area contributed by atoms with Crippen LogP contribution in [0.15, 0.2) is 36.0 Å². The van der Waals surface area contributed by atoms with Crippen LogP contribution in [0.4, 0.5) is 4.79 Å². The Morgan fingerprint density at radius 2 is 1.82 bits per heavy atom. The summed E-state index contributed by atoms with van der Waals surface area (Å²) in [5.74, 6) is -0.946. The third-order valence-corrected chi connectivity index (χ3v) is 10.6. The Bertz CT molecular complexity index is 1160. The van der Waals surface area contributed by atoms with Crippen molar-refractivity contribution in [3.05, 3.63) is 36.0 Å². The summed E-state index contributed by atoms with van der Waals surface area (Å²) in [6, 6.07) is 0.490. The summed E-state index contributed by atoms with van der Waals surface area (Å²) in [7, 11) is 0. The number of esters is 1. The summed E-state index contributed by atoms with van der Waals surface area (Å²) < 4.78 is 17.6. The Kier molecular flexibility index (Phi) is 15.4. The molecule has 49 heavy (non-hydrogen) atoms. The van der Waals surface area contributed by atoms with Gasteiger partial charge in [0, 0.05) is 50.5 Å². The highest BCUT2D eigenvalue weighted by atomic mass is 16.6. The molecule has 10 atom stereocenters. The number of ether oxygens (including phenoxy) is 3. The van der Waals surface area contributed by atoms with Gasteiger partial charge in [-0.2, -0.15) is 0 Å². The maximum Gasteiger partial charge on any atom is 0.410 e. The van der Waals surface area contributed by atoms with Crippen LogP contribution in [-0.4, -0.2) is 122 Å². The van der Waals surface area contributed by atoms with Crippen molar-refractivity contribution in [2.45, 2.75) is 154 Å². The molecular formula is C38H64N2O9. The highest BCUT2D eigenvalue weighted by Gasteiger charge is 2.47. The summed E-state index contributed by atoms with van der Waals surface area (Å²) >= 11 is 0. The number of aliphatic hydroxyl groups is 4. The van der Waals surface area contributed by atoms with Gasteiger partial charge in [-0.05, 0) is 64.5 Å². The first-order valence-electron chi connectivity index (χ1n) is 18.4. The fourth-order valence-corrected chi connectivity index (χ4v) is 7.06. The molecule has 0 radical (unpaired) electrons. The van der Waals surface area contributed by atoms with E-state index in [9.17, 15) is 30.0 Å². The molecule has 10 unspecified atom stereocenters. The van der Waals surface area contributed by atoms with Gasteiger partial charge < -0.3 is 39.5 Å². The van der Waals surface area contributed by atoms with E-state index in [1.807, 2.05) is 27.7 Å². The Labute approximate surface area is 294 Å². The number of piperazine rings is 1. The first-order valence-corrected chi connectivity index (χ1v) is 18.4. The number of hydrogen-bond acceptors (Lipinski definition) is 10. The zero-order chi connectivity index (χ0) is 36.5. The Hall–Kier alpha value is -2.28. The van der Waals surface area contributed by atoms with Crippen molar-refractivity contribution in [2.24, 2.45) is 11.8 Å². The molecule has 0 aromatic heterocycles. The number of amides is 1. The van der Waals surface area contributed by atoms with E-state index in [1.165, 1.54) is 0 Å². The molecule has 280 valence electrons. The first kappa shape index (κ1) is 41.1.